The van der Waals surface area contributed by atoms with E-state index in [1.165, 1.54) is 51.9 Å². The number of hydrogen-bond acceptors (Lipinski definition) is 7. The predicted octanol–water partition coefficient (Wildman–Crippen LogP) is 2.75. The highest BCUT2D eigenvalue weighted by Gasteiger charge is 2.13. The van der Waals surface area contributed by atoms with Crippen molar-refractivity contribution in [2.45, 2.75) is 35.9 Å². The summed E-state index contributed by atoms with van der Waals surface area (Å²) in [6, 6.07) is 0. The second kappa shape index (κ2) is 11.1. The van der Waals surface area contributed by atoms with Gasteiger partial charge in [-0.2, -0.15) is 0 Å². The van der Waals surface area contributed by atoms with E-state index in [-0.39, 0.29) is 0 Å². The van der Waals surface area contributed by atoms with Crippen LogP contribution in [0.1, 0.15) is 25.7 Å². The largest absolute Gasteiger partial charge is 0.330 e. The molecule has 0 spiro atoms. The molecule has 0 radical (unpaired) electrons. The number of imidazole rings is 1. The zero-order valence-electron chi connectivity index (χ0n) is 17.6. The number of aromatic nitrogens is 4. The number of fused-ring (bicyclic) bond motifs is 1. The topological polar surface area (TPSA) is 50.1 Å². The Morgan fingerprint density at radius 2 is 1.43 bits per heavy atom. The number of aryl methyl sites for hydroxylation is 1. The molecule has 0 aromatic carbocycles. The van der Waals surface area contributed by atoms with E-state index in [9.17, 15) is 0 Å². The summed E-state index contributed by atoms with van der Waals surface area (Å²) in [7, 11) is 1.98. The molecule has 0 unspecified atom stereocenters. The highest BCUT2D eigenvalue weighted by atomic mass is 32.2. The van der Waals surface area contributed by atoms with Crippen molar-refractivity contribution < 1.29 is 0 Å². The number of hydrogen-bond donors (Lipinski definition) is 0. The van der Waals surface area contributed by atoms with Gasteiger partial charge in [-0.1, -0.05) is 47.2 Å². The van der Waals surface area contributed by atoms with Crippen LogP contribution < -0.4 is 0 Å². The third-order valence-corrected chi connectivity index (χ3v) is 6.90. The van der Waals surface area contributed by atoms with Crippen molar-refractivity contribution in [3.8, 4) is 23.7 Å². The predicted molar refractivity (Wildman–Crippen MR) is 125 cm³/mol. The van der Waals surface area contributed by atoms with Crippen LogP contribution in [-0.4, -0.2) is 80.1 Å². The van der Waals surface area contributed by atoms with Crippen LogP contribution in [0.4, 0.5) is 0 Å². The van der Waals surface area contributed by atoms with E-state index in [0.29, 0.717) is 5.75 Å². The average Bonchev–Trinajstić information content (AvgIpc) is 3.51. The Morgan fingerprint density at radius 1 is 0.833 bits per heavy atom. The van der Waals surface area contributed by atoms with Crippen LogP contribution in [0.25, 0.3) is 11.2 Å². The Bertz CT molecular complexity index is 968. The van der Waals surface area contributed by atoms with E-state index in [1.54, 1.807) is 29.9 Å². The molecule has 0 saturated carbocycles. The third kappa shape index (κ3) is 5.92. The van der Waals surface area contributed by atoms with Gasteiger partial charge >= 0.3 is 0 Å². The maximum absolute atomic E-state index is 4.78. The number of thioether (sulfide) groups is 2. The van der Waals surface area contributed by atoms with Gasteiger partial charge in [0.05, 0.1) is 30.9 Å². The monoisotopic (exact) mass is 440 g/mol. The first-order valence-electron chi connectivity index (χ1n) is 10.6. The van der Waals surface area contributed by atoms with Gasteiger partial charge in [0.25, 0.3) is 0 Å². The van der Waals surface area contributed by atoms with Gasteiger partial charge in [-0.05, 0) is 51.9 Å². The minimum atomic E-state index is 0.700. The van der Waals surface area contributed by atoms with Gasteiger partial charge in [-0.15, -0.1) is 0 Å². The lowest BCUT2D eigenvalue weighted by atomic mass is 10.4. The van der Waals surface area contributed by atoms with Crippen molar-refractivity contribution in [1.82, 2.24) is 29.3 Å². The highest BCUT2D eigenvalue weighted by molar-refractivity contribution is 8.00. The van der Waals surface area contributed by atoms with Gasteiger partial charge in [0.1, 0.15) is 10.5 Å². The molecule has 0 bridgehead atoms. The molecule has 8 heteroatoms. The molecule has 2 aromatic heterocycles. The molecule has 4 rings (SSSR count). The van der Waals surface area contributed by atoms with Gasteiger partial charge in [-0.3, -0.25) is 9.80 Å². The molecule has 2 aliphatic heterocycles. The third-order valence-electron chi connectivity index (χ3n) is 5.33. The summed E-state index contributed by atoms with van der Waals surface area (Å²) >= 11 is 3.25. The molecule has 0 N–H and O–H groups in total. The standard InChI is InChI=1S/C22H28N6S2/c1-26-18-23-20-19(26)21(29-16-8-6-14-27-10-2-3-11-27)25-22(24-20)30-17-9-7-15-28-12-4-5-13-28/h18H,2-5,10-17H2,1H3. The van der Waals surface area contributed by atoms with Crippen molar-refractivity contribution in [3.05, 3.63) is 6.33 Å². The number of likely N-dealkylation sites (tertiary alicyclic amines) is 2. The van der Waals surface area contributed by atoms with Crippen molar-refractivity contribution in [3.63, 3.8) is 0 Å². The van der Waals surface area contributed by atoms with Crippen molar-refractivity contribution in [2.24, 2.45) is 7.05 Å². The fourth-order valence-corrected chi connectivity index (χ4v) is 5.19. The van der Waals surface area contributed by atoms with Gasteiger partial charge in [0.2, 0.25) is 0 Å². The van der Waals surface area contributed by atoms with Gasteiger partial charge in [0.15, 0.2) is 10.8 Å². The van der Waals surface area contributed by atoms with E-state index in [0.717, 1.165) is 40.2 Å². The van der Waals surface area contributed by atoms with Gasteiger partial charge in [0, 0.05) is 7.05 Å². The molecule has 158 valence electrons. The van der Waals surface area contributed by atoms with Crippen LogP contribution >= 0.6 is 23.5 Å². The molecule has 2 fully saturated rings. The molecule has 4 heterocycles. The Balaban J connectivity index is 1.34. The van der Waals surface area contributed by atoms with Gasteiger partial charge in [-0.25, -0.2) is 15.0 Å². The zero-order chi connectivity index (χ0) is 20.6. The molecule has 0 atom stereocenters. The summed E-state index contributed by atoms with van der Waals surface area (Å²) in [6.07, 6.45) is 7.01. The Labute approximate surface area is 187 Å². The molecule has 30 heavy (non-hydrogen) atoms. The fourth-order valence-electron chi connectivity index (χ4n) is 3.69. The summed E-state index contributed by atoms with van der Waals surface area (Å²) in [5.74, 6) is 14.5. The van der Waals surface area contributed by atoms with E-state index >= 15 is 0 Å². The maximum atomic E-state index is 4.78. The van der Waals surface area contributed by atoms with Crippen LogP contribution in [-0.2, 0) is 7.05 Å². The second-order valence-electron chi connectivity index (χ2n) is 7.59. The van der Waals surface area contributed by atoms with Crippen molar-refractivity contribution >= 4 is 34.7 Å². The first kappa shape index (κ1) is 21.5. The van der Waals surface area contributed by atoms with E-state index in [2.05, 4.69) is 43.4 Å². The van der Waals surface area contributed by atoms with Crippen LogP contribution in [0, 0.1) is 23.7 Å². The van der Waals surface area contributed by atoms with E-state index < -0.39 is 0 Å². The Kier molecular flexibility index (Phi) is 7.94. The first-order chi connectivity index (χ1) is 14.8. The minimum absolute atomic E-state index is 0.700. The molecule has 0 aliphatic carbocycles. The molecule has 0 amide bonds. The van der Waals surface area contributed by atoms with Crippen LogP contribution in [0.3, 0.4) is 0 Å². The molecule has 2 aliphatic rings. The average molecular weight is 441 g/mol. The minimum Gasteiger partial charge on any atom is -0.330 e. The summed E-state index contributed by atoms with van der Waals surface area (Å²) in [5, 5.41) is 1.69. The normalized spacial score (nSPS) is 17.1. The lowest BCUT2D eigenvalue weighted by molar-refractivity contribution is 0.383. The summed E-state index contributed by atoms with van der Waals surface area (Å²) < 4.78 is 1.99. The van der Waals surface area contributed by atoms with E-state index in [1.807, 2.05) is 11.6 Å². The Morgan fingerprint density at radius 3 is 2.07 bits per heavy atom. The van der Waals surface area contributed by atoms with Crippen molar-refractivity contribution in [1.29, 1.82) is 0 Å². The summed E-state index contributed by atoms with van der Waals surface area (Å²) in [4.78, 5) is 18.7. The number of nitrogens with zero attached hydrogens (tertiary/aromatic N) is 6. The fraction of sp³-hybridized carbons (Fsp3) is 0.591. The molecular weight excluding hydrogens is 412 g/mol. The van der Waals surface area contributed by atoms with E-state index in [4.69, 9.17) is 4.98 Å². The summed E-state index contributed by atoms with van der Waals surface area (Å²) in [5.41, 5.74) is 1.72. The zero-order valence-corrected chi connectivity index (χ0v) is 19.2. The molecular formula is C22H28N6S2. The molecule has 2 saturated heterocycles. The molecule has 6 nitrogen and oxygen atoms in total. The van der Waals surface area contributed by atoms with Crippen LogP contribution in [0.2, 0.25) is 0 Å². The lowest BCUT2D eigenvalue weighted by Crippen LogP contribution is -2.18. The molecule has 2 aromatic rings. The van der Waals surface area contributed by atoms with Crippen molar-refractivity contribution in [2.75, 3.05) is 50.8 Å². The van der Waals surface area contributed by atoms with Crippen LogP contribution in [0.15, 0.2) is 16.5 Å². The first-order valence-corrected chi connectivity index (χ1v) is 12.6. The quantitative estimate of drug-likeness (QED) is 0.296. The Hall–Kier alpha value is -1.71. The maximum Gasteiger partial charge on any atom is 0.191 e. The smallest absolute Gasteiger partial charge is 0.191 e. The SMILES string of the molecule is Cn1cnc2nc(SCC#CCN3CCCC3)nc(SCC#CCN3CCCC3)c21. The van der Waals surface area contributed by atoms with Gasteiger partial charge < -0.3 is 4.57 Å². The second-order valence-corrected chi connectivity index (χ2v) is 9.50. The highest BCUT2D eigenvalue weighted by Crippen LogP contribution is 2.27. The lowest BCUT2D eigenvalue weighted by Gasteiger charge is -2.08. The summed E-state index contributed by atoms with van der Waals surface area (Å²) in [6.45, 7) is 6.49. The van der Waals surface area contributed by atoms with Crippen LogP contribution in [0.5, 0.6) is 0 Å². The number of rotatable bonds is 6.